The maximum Gasteiger partial charge on any atom is 0.335 e. The minimum absolute atomic E-state index is 0.140. The van der Waals surface area contributed by atoms with E-state index in [1.165, 1.54) is 12.1 Å². The van der Waals surface area contributed by atoms with E-state index in [1.54, 1.807) is 24.3 Å². The van der Waals surface area contributed by atoms with Gasteiger partial charge in [-0.2, -0.15) is 5.26 Å². The molecule has 0 aliphatic heterocycles. The van der Waals surface area contributed by atoms with Crippen LogP contribution in [0.5, 0.6) is 11.5 Å². The zero-order chi connectivity index (χ0) is 14.7. The van der Waals surface area contributed by atoms with E-state index >= 15 is 0 Å². The van der Waals surface area contributed by atoms with Crippen molar-refractivity contribution in [3.63, 3.8) is 0 Å². The molecule has 0 aliphatic carbocycles. The number of nitriles is 1. The van der Waals surface area contributed by atoms with Crippen molar-refractivity contribution in [3.8, 4) is 17.6 Å². The molecular weight excluding hydrogens is 322 g/mol. The first-order chi connectivity index (χ1) is 9.51. The maximum atomic E-state index is 11.0. The number of rotatable bonds is 3. The molecule has 5 heteroatoms. The molecule has 0 heterocycles. The Morgan fingerprint density at radius 3 is 2.65 bits per heavy atom. The summed E-state index contributed by atoms with van der Waals surface area (Å²) in [4.78, 5) is 11.0. The molecule has 1 N–H and O–H groups in total. The lowest BCUT2D eigenvalue weighted by atomic mass is 10.1. The number of aromatic carboxylic acids is 1. The number of benzene rings is 2. The minimum Gasteiger partial charge on any atom is -0.478 e. The van der Waals surface area contributed by atoms with Gasteiger partial charge in [-0.25, -0.2) is 4.79 Å². The van der Waals surface area contributed by atoms with Crippen LogP contribution in [0.25, 0.3) is 0 Å². The zero-order valence-corrected chi connectivity index (χ0v) is 12.1. The molecular formula is C15H10BrNO3. The number of carboxylic acid groups (broad SMARTS) is 1. The highest BCUT2D eigenvalue weighted by Crippen LogP contribution is 2.30. The Balaban J connectivity index is 2.42. The van der Waals surface area contributed by atoms with Crippen LogP contribution in [0.3, 0.4) is 0 Å². The summed E-state index contributed by atoms with van der Waals surface area (Å²) >= 11 is 3.28. The molecule has 4 nitrogen and oxygen atoms in total. The zero-order valence-electron chi connectivity index (χ0n) is 10.6. The number of halogens is 1. The van der Waals surface area contributed by atoms with E-state index in [1.807, 2.05) is 13.0 Å². The first kappa shape index (κ1) is 14.1. The number of aryl methyl sites for hydroxylation is 1. The summed E-state index contributed by atoms with van der Waals surface area (Å²) in [5.41, 5.74) is 1.31. The van der Waals surface area contributed by atoms with Crippen LogP contribution in [-0.4, -0.2) is 11.1 Å². The largest absolute Gasteiger partial charge is 0.478 e. The summed E-state index contributed by atoms with van der Waals surface area (Å²) in [6.07, 6.45) is 0. The van der Waals surface area contributed by atoms with E-state index < -0.39 is 5.97 Å². The van der Waals surface area contributed by atoms with Crippen molar-refractivity contribution in [3.05, 3.63) is 57.6 Å². The third-order valence-electron chi connectivity index (χ3n) is 2.72. The van der Waals surface area contributed by atoms with Crippen molar-refractivity contribution in [2.45, 2.75) is 6.92 Å². The lowest BCUT2D eigenvalue weighted by Gasteiger charge is -2.11. The van der Waals surface area contributed by atoms with Gasteiger partial charge in [0, 0.05) is 4.47 Å². The first-order valence-corrected chi connectivity index (χ1v) is 6.52. The topological polar surface area (TPSA) is 70.3 Å². The van der Waals surface area contributed by atoms with Crippen LogP contribution in [0.2, 0.25) is 0 Å². The number of carboxylic acids is 1. The van der Waals surface area contributed by atoms with Crippen LogP contribution in [0.15, 0.2) is 40.9 Å². The summed E-state index contributed by atoms with van der Waals surface area (Å²) in [6.45, 7) is 1.81. The highest BCUT2D eigenvalue weighted by atomic mass is 79.9. The van der Waals surface area contributed by atoms with Gasteiger partial charge in [-0.1, -0.05) is 22.0 Å². The summed E-state index contributed by atoms with van der Waals surface area (Å²) in [5.74, 6) is -0.212. The summed E-state index contributed by atoms with van der Waals surface area (Å²) in [5, 5.41) is 18.1. The third kappa shape index (κ3) is 2.98. The van der Waals surface area contributed by atoms with Crippen molar-refractivity contribution in [2.75, 3.05) is 0 Å². The van der Waals surface area contributed by atoms with Gasteiger partial charge in [0.05, 0.1) is 11.1 Å². The van der Waals surface area contributed by atoms with Crippen molar-refractivity contribution in [1.82, 2.24) is 0 Å². The van der Waals surface area contributed by atoms with Crippen LogP contribution in [0, 0.1) is 18.3 Å². The second-order valence-electron chi connectivity index (χ2n) is 4.14. The SMILES string of the molecule is Cc1ccc(C(=O)O)cc1Oc1ccc(Br)cc1C#N. The molecule has 0 amide bonds. The van der Waals surface area contributed by atoms with Crippen LogP contribution < -0.4 is 4.74 Å². The molecule has 0 saturated heterocycles. The Morgan fingerprint density at radius 2 is 2.00 bits per heavy atom. The molecule has 100 valence electrons. The van der Waals surface area contributed by atoms with E-state index in [-0.39, 0.29) is 5.56 Å². The molecule has 2 aromatic rings. The number of hydrogen-bond donors (Lipinski definition) is 1. The van der Waals surface area contributed by atoms with Crippen molar-refractivity contribution in [2.24, 2.45) is 0 Å². The van der Waals surface area contributed by atoms with Gasteiger partial charge in [-0.05, 0) is 42.8 Å². The predicted octanol–water partition coefficient (Wildman–Crippen LogP) is 4.12. The van der Waals surface area contributed by atoms with Gasteiger partial charge in [0.1, 0.15) is 17.6 Å². The van der Waals surface area contributed by atoms with Crippen LogP contribution >= 0.6 is 15.9 Å². The van der Waals surface area contributed by atoms with Gasteiger partial charge < -0.3 is 9.84 Å². The molecule has 0 fully saturated rings. The highest BCUT2D eigenvalue weighted by Gasteiger charge is 2.10. The fourth-order valence-electron chi connectivity index (χ4n) is 1.64. The fourth-order valence-corrected chi connectivity index (χ4v) is 2.00. The Bertz CT molecular complexity index is 720. The Hall–Kier alpha value is -2.32. The quantitative estimate of drug-likeness (QED) is 0.918. The normalized spacial score (nSPS) is 9.85. The molecule has 0 unspecified atom stereocenters. The van der Waals surface area contributed by atoms with Crippen LogP contribution in [0.1, 0.15) is 21.5 Å². The van der Waals surface area contributed by atoms with Gasteiger partial charge in [0.15, 0.2) is 0 Å². The molecule has 2 rings (SSSR count). The average molecular weight is 332 g/mol. The molecule has 2 aromatic carbocycles. The van der Waals surface area contributed by atoms with E-state index in [0.717, 1.165) is 10.0 Å². The number of hydrogen-bond acceptors (Lipinski definition) is 3. The molecule has 20 heavy (non-hydrogen) atoms. The Morgan fingerprint density at radius 1 is 1.25 bits per heavy atom. The lowest BCUT2D eigenvalue weighted by molar-refractivity contribution is 0.0696. The lowest BCUT2D eigenvalue weighted by Crippen LogP contribution is -1.98. The first-order valence-electron chi connectivity index (χ1n) is 5.72. The van der Waals surface area contributed by atoms with Gasteiger partial charge in [-0.3, -0.25) is 0 Å². The molecule has 0 atom stereocenters. The van der Waals surface area contributed by atoms with E-state index in [2.05, 4.69) is 15.9 Å². The van der Waals surface area contributed by atoms with Crippen molar-refractivity contribution >= 4 is 21.9 Å². The van der Waals surface area contributed by atoms with E-state index in [4.69, 9.17) is 15.1 Å². The second-order valence-corrected chi connectivity index (χ2v) is 5.06. The number of ether oxygens (including phenoxy) is 1. The minimum atomic E-state index is -1.02. The van der Waals surface area contributed by atoms with Gasteiger partial charge >= 0.3 is 5.97 Å². The number of carbonyl (C=O) groups is 1. The van der Waals surface area contributed by atoms with Crippen molar-refractivity contribution < 1.29 is 14.6 Å². The predicted molar refractivity (Wildman–Crippen MR) is 77.1 cm³/mol. The summed E-state index contributed by atoms with van der Waals surface area (Å²) < 4.78 is 6.45. The van der Waals surface area contributed by atoms with Crippen LogP contribution in [-0.2, 0) is 0 Å². The third-order valence-corrected chi connectivity index (χ3v) is 3.21. The second kappa shape index (κ2) is 5.76. The van der Waals surface area contributed by atoms with Crippen molar-refractivity contribution in [1.29, 1.82) is 5.26 Å². The van der Waals surface area contributed by atoms with Crippen LogP contribution in [0.4, 0.5) is 0 Å². The summed E-state index contributed by atoms with van der Waals surface area (Å²) in [6, 6.07) is 11.7. The monoisotopic (exact) mass is 331 g/mol. The molecule has 0 aliphatic rings. The molecule has 0 saturated carbocycles. The van der Waals surface area contributed by atoms with E-state index in [0.29, 0.717) is 17.1 Å². The smallest absolute Gasteiger partial charge is 0.335 e. The van der Waals surface area contributed by atoms with E-state index in [9.17, 15) is 4.79 Å². The molecule has 0 aromatic heterocycles. The number of nitrogens with zero attached hydrogens (tertiary/aromatic N) is 1. The van der Waals surface area contributed by atoms with Gasteiger partial charge in [0.25, 0.3) is 0 Å². The molecule has 0 radical (unpaired) electrons. The molecule has 0 spiro atoms. The Labute approximate surface area is 124 Å². The fraction of sp³-hybridized carbons (Fsp3) is 0.0667. The van der Waals surface area contributed by atoms with Gasteiger partial charge in [0.2, 0.25) is 0 Å². The summed E-state index contributed by atoms with van der Waals surface area (Å²) in [7, 11) is 0. The molecule has 0 bridgehead atoms. The van der Waals surface area contributed by atoms with Gasteiger partial charge in [-0.15, -0.1) is 0 Å². The average Bonchev–Trinajstić information content (AvgIpc) is 2.42. The maximum absolute atomic E-state index is 11.0. The Kier molecular flexibility index (Phi) is 4.06. The standard InChI is InChI=1S/C15H10BrNO3/c1-9-2-3-10(15(18)19)7-14(9)20-13-5-4-12(16)6-11(13)8-17/h2-7H,1H3,(H,18,19). The highest BCUT2D eigenvalue weighted by molar-refractivity contribution is 9.10.